The Balaban J connectivity index is 2.35. The normalized spacial score (nSPS) is 14.6. The summed E-state index contributed by atoms with van der Waals surface area (Å²) in [6, 6.07) is 8.08. The zero-order valence-corrected chi connectivity index (χ0v) is 9.90. The van der Waals surface area contributed by atoms with Crippen LogP contribution in [0.1, 0.15) is 28.9 Å². The van der Waals surface area contributed by atoms with Crippen LogP contribution in [-0.2, 0) is 17.7 Å². The molecule has 88 valence electrons. The summed E-state index contributed by atoms with van der Waals surface area (Å²) in [5, 5.41) is 1.02. The van der Waals surface area contributed by atoms with Gasteiger partial charge in [-0.25, -0.2) is 4.79 Å². The maximum atomic E-state index is 11.9. The first kappa shape index (κ1) is 10.4. The minimum Gasteiger partial charge on any atom is -0.465 e. The lowest BCUT2D eigenvalue weighted by Crippen LogP contribution is -2.13. The fraction of sp³-hybridized carbons (Fsp3) is 0.357. The van der Waals surface area contributed by atoms with Crippen LogP contribution in [0, 0.1) is 0 Å². The van der Waals surface area contributed by atoms with Crippen molar-refractivity contribution < 1.29 is 9.53 Å². The first-order valence-corrected chi connectivity index (χ1v) is 6.01. The Hall–Kier alpha value is -1.77. The van der Waals surface area contributed by atoms with Gasteiger partial charge in [0.05, 0.1) is 12.7 Å². The molecule has 1 aliphatic heterocycles. The highest BCUT2D eigenvalue weighted by atomic mass is 16.5. The highest BCUT2D eigenvalue weighted by Gasteiger charge is 2.24. The maximum absolute atomic E-state index is 11.9. The van der Waals surface area contributed by atoms with Gasteiger partial charge in [-0.15, -0.1) is 0 Å². The number of hydrogen-bond donors (Lipinski definition) is 0. The molecule has 1 aromatic heterocycles. The number of methoxy groups -OCH3 is 1. The fourth-order valence-corrected chi connectivity index (χ4v) is 2.76. The molecule has 0 fully saturated rings. The first-order chi connectivity index (χ1) is 8.33. The average Bonchev–Trinajstić information content (AvgIpc) is 2.72. The predicted molar refractivity (Wildman–Crippen MR) is 66.2 cm³/mol. The molecule has 0 unspecified atom stereocenters. The first-order valence-electron chi connectivity index (χ1n) is 6.01. The minimum atomic E-state index is -0.211. The molecule has 3 rings (SSSR count). The van der Waals surface area contributed by atoms with Crippen molar-refractivity contribution in [1.29, 1.82) is 0 Å². The Morgan fingerprint density at radius 2 is 2.12 bits per heavy atom. The highest BCUT2D eigenvalue weighted by Crippen LogP contribution is 2.30. The summed E-state index contributed by atoms with van der Waals surface area (Å²) < 4.78 is 7.19. The van der Waals surface area contributed by atoms with E-state index in [1.807, 2.05) is 18.2 Å². The number of nitrogens with zero attached hydrogens (tertiary/aromatic N) is 1. The number of aromatic nitrogens is 1. The molecule has 1 aromatic carbocycles. The Bertz CT molecular complexity index is 583. The van der Waals surface area contributed by atoms with Crippen molar-refractivity contribution in [2.24, 2.45) is 0 Å². The largest absolute Gasteiger partial charge is 0.465 e. The van der Waals surface area contributed by atoms with E-state index < -0.39 is 0 Å². The van der Waals surface area contributed by atoms with E-state index in [-0.39, 0.29) is 5.97 Å². The SMILES string of the molecule is COC(=O)c1c2n(c3ccccc13)CCCC2. The number of para-hydroxylation sites is 1. The molecule has 2 heterocycles. The second kappa shape index (κ2) is 3.91. The molecule has 3 nitrogen and oxygen atoms in total. The third-order valence-electron chi connectivity index (χ3n) is 3.51. The number of esters is 1. The molecule has 0 aliphatic carbocycles. The van der Waals surface area contributed by atoms with Crippen LogP contribution in [0.25, 0.3) is 10.9 Å². The zero-order chi connectivity index (χ0) is 11.8. The van der Waals surface area contributed by atoms with Crippen LogP contribution in [0.4, 0.5) is 0 Å². The summed E-state index contributed by atoms with van der Waals surface area (Å²) >= 11 is 0. The molecular weight excluding hydrogens is 214 g/mol. The molecule has 3 heteroatoms. The van der Waals surface area contributed by atoms with Crippen LogP contribution in [-0.4, -0.2) is 17.6 Å². The number of benzene rings is 1. The summed E-state index contributed by atoms with van der Waals surface area (Å²) in [6.07, 6.45) is 3.31. The molecule has 0 radical (unpaired) electrons. The van der Waals surface area contributed by atoms with Crippen LogP contribution in [0.3, 0.4) is 0 Å². The lowest BCUT2D eigenvalue weighted by atomic mass is 10.1. The van der Waals surface area contributed by atoms with Crippen molar-refractivity contribution in [2.75, 3.05) is 7.11 Å². The Labute approximate surface area is 100.0 Å². The molecule has 0 spiro atoms. The molecule has 0 atom stereocenters. The molecule has 1 aliphatic rings. The van der Waals surface area contributed by atoms with Gasteiger partial charge in [0.1, 0.15) is 0 Å². The predicted octanol–water partition coefficient (Wildman–Crippen LogP) is 2.76. The van der Waals surface area contributed by atoms with Gasteiger partial charge < -0.3 is 9.30 Å². The van der Waals surface area contributed by atoms with E-state index in [0.717, 1.165) is 41.5 Å². The second-order valence-corrected chi connectivity index (χ2v) is 4.44. The quantitative estimate of drug-likeness (QED) is 0.704. The lowest BCUT2D eigenvalue weighted by molar-refractivity contribution is 0.0601. The fourth-order valence-electron chi connectivity index (χ4n) is 2.76. The number of rotatable bonds is 1. The van der Waals surface area contributed by atoms with Crippen LogP contribution in [0.15, 0.2) is 24.3 Å². The molecule has 0 amide bonds. The van der Waals surface area contributed by atoms with E-state index in [9.17, 15) is 4.79 Å². The molecule has 17 heavy (non-hydrogen) atoms. The zero-order valence-electron chi connectivity index (χ0n) is 9.90. The molecule has 2 aromatic rings. The number of carbonyl (C=O) groups is 1. The topological polar surface area (TPSA) is 31.2 Å². The highest BCUT2D eigenvalue weighted by molar-refractivity contribution is 6.06. The van der Waals surface area contributed by atoms with Crippen molar-refractivity contribution in [3.63, 3.8) is 0 Å². The number of fused-ring (bicyclic) bond motifs is 3. The molecule has 0 saturated heterocycles. The van der Waals surface area contributed by atoms with Gasteiger partial charge in [0, 0.05) is 23.1 Å². The third-order valence-corrected chi connectivity index (χ3v) is 3.51. The monoisotopic (exact) mass is 229 g/mol. The van der Waals surface area contributed by atoms with E-state index in [0.29, 0.717) is 0 Å². The van der Waals surface area contributed by atoms with Gasteiger partial charge in [-0.2, -0.15) is 0 Å². The standard InChI is InChI=1S/C14H15NO2/c1-17-14(16)13-10-6-2-3-7-11(10)15-9-5-4-8-12(13)15/h2-3,6-7H,4-5,8-9H2,1H3. The van der Waals surface area contributed by atoms with Gasteiger partial charge in [-0.1, -0.05) is 18.2 Å². The summed E-state index contributed by atoms with van der Waals surface area (Å²) in [5.41, 5.74) is 3.06. The number of ether oxygens (including phenoxy) is 1. The van der Waals surface area contributed by atoms with E-state index in [1.165, 1.54) is 13.5 Å². The van der Waals surface area contributed by atoms with Gasteiger partial charge in [0.25, 0.3) is 0 Å². The van der Waals surface area contributed by atoms with Crippen LogP contribution in [0.5, 0.6) is 0 Å². The number of carbonyl (C=O) groups excluding carboxylic acids is 1. The second-order valence-electron chi connectivity index (χ2n) is 4.44. The Morgan fingerprint density at radius 1 is 1.29 bits per heavy atom. The Kier molecular flexibility index (Phi) is 2.39. The lowest BCUT2D eigenvalue weighted by Gasteiger charge is -2.16. The third kappa shape index (κ3) is 1.46. The van der Waals surface area contributed by atoms with E-state index in [1.54, 1.807) is 0 Å². The number of aryl methyl sites for hydroxylation is 1. The smallest absolute Gasteiger partial charge is 0.340 e. The van der Waals surface area contributed by atoms with Crippen molar-refractivity contribution in [3.05, 3.63) is 35.5 Å². The summed E-state index contributed by atoms with van der Waals surface area (Å²) in [5.74, 6) is -0.211. The average molecular weight is 229 g/mol. The summed E-state index contributed by atoms with van der Waals surface area (Å²) in [4.78, 5) is 11.9. The van der Waals surface area contributed by atoms with Gasteiger partial charge >= 0.3 is 5.97 Å². The van der Waals surface area contributed by atoms with Crippen molar-refractivity contribution in [2.45, 2.75) is 25.8 Å². The molecular formula is C14H15NO2. The van der Waals surface area contributed by atoms with Crippen molar-refractivity contribution >= 4 is 16.9 Å². The number of hydrogen-bond acceptors (Lipinski definition) is 2. The van der Waals surface area contributed by atoms with E-state index >= 15 is 0 Å². The van der Waals surface area contributed by atoms with Gasteiger partial charge in [-0.3, -0.25) is 0 Å². The maximum Gasteiger partial charge on any atom is 0.340 e. The van der Waals surface area contributed by atoms with E-state index in [4.69, 9.17) is 4.74 Å². The van der Waals surface area contributed by atoms with Crippen molar-refractivity contribution in [1.82, 2.24) is 4.57 Å². The minimum absolute atomic E-state index is 0.211. The summed E-state index contributed by atoms with van der Waals surface area (Å²) in [7, 11) is 1.45. The van der Waals surface area contributed by atoms with Gasteiger partial charge in [0.2, 0.25) is 0 Å². The van der Waals surface area contributed by atoms with Crippen LogP contribution < -0.4 is 0 Å². The van der Waals surface area contributed by atoms with Crippen LogP contribution in [0.2, 0.25) is 0 Å². The Morgan fingerprint density at radius 3 is 2.94 bits per heavy atom. The molecule has 0 N–H and O–H groups in total. The van der Waals surface area contributed by atoms with Gasteiger partial charge in [-0.05, 0) is 25.3 Å². The summed E-state index contributed by atoms with van der Waals surface area (Å²) in [6.45, 7) is 1.01. The molecule has 0 saturated carbocycles. The van der Waals surface area contributed by atoms with Crippen LogP contribution >= 0.6 is 0 Å². The van der Waals surface area contributed by atoms with E-state index in [2.05, 4.69) is 10.6 Å². The van der Waals surface area contributed by atoms with Crippen molar-refractivity contribution in [3.8, 4) is 0 Å². The van der Waals surface area contributed by atoms with Gasteiger partial charge in [0.15, 0.2) is 0 Å². The molecule has 0 bridgehead atoms.